The maximum absolute atomic E-state index is 14.2. The molecule has 1 fully saturated rings. The summed E-state index contributed by atoms with van der Waals surface area (Å²) in [6.07, 6.45) is 0.952. The van der Waals surface area contributed by atoms with Gasteiger partial charge in [-0.15, -0.1) is 0 Å². The zero-order valence-electron chi connectivity index (χ0n) is 11.1. The highest BCUT2D eigenvalue weighted by Crippen LogP contribution is 2.36. The second kappa shape index (κ2) is 6.29. The third kappa shape index (κ3) is 3.15. The first kappa shape index (κ1) is 14.9. The zero-order chi connectivity index (χ0) is 14.0. The summed E-state index contributed by atoms with van der Waals surface area (Å²) >= 11 is 3.12. The minimum atomic E-state index is -0.523. The average molecular weight is 334 g/mol. The minimum absolute atomic E-state index is 0.0910. The lowest BCUT2D eigenvalue weighted by Gasteiger charge is -2.25. The molecular formula is C14H18BrF2NO. The summed E-state index contributed by atoms with van der Waals surface area (Å²) in [7, 11) is 0. The van der Waals surface area contributed by atoms with Crippen LogP contribution >= 0.6 is 15.9 Å². The van der Waals surface area contributed by atoms with Crippen LogP contribution in [-0.4, -0.2) is 19.3 Å². The van der Waals surface area contributed by atoms with Crippen LogP contribution in [0.15, 0.2) is 16.6 Å². The summed E-state index contributed by atoms with van der Waals surface area (Å²) in [5.74, 6) is -0.940. The van der Waals surface area contributed by atoms with Gasteiger partial charge in [0.15, 0.2) is 0 Å². The van der Waals surface area contributed by atoms with Gasteiger partial charge in [0.1, 0.15) is 11.6 Å². The van der Waals surface area contributed by atoms with Gasteiger partial charge in [0.25, 0.3) is 0 Å². The Balaban J connectivity index is 2.36. The van der Waals surface area contributed by atoms with Crippen molar-refractivity contribution in [3.8, 4) is 0 Å². The predicted octanol–water partition coefficient (Wildman–Crippen LogP) is 3.80. The maximum atomic E-state index is 14.2. The summed E-state index contributed by atoms with van der Waals surface area (Å²) in [6, 6.07) is 2.34. The molecule has 19 heavy (non-hydrogen) atoms. The van der Waals surface area contributed by atoms with E-state index in [2.05, 4.69) is 21.2 Å². The van der Waals surface area contributed by atoms with Crippen LogP contribution in [0.3, 0.4) is 0 Å². The quantitative estimate of drug-likeness (QED) is 0.846. The molecule has 1 N–H and O–H groups in total. The highest BCUT2D eigenvalue weighted by atomic mass is 79.9. The normalized spacial score (nSPS) is 24.7. The van der Waals surface area contributed by atoms with Crippen molar-refractivity contribution in [2.24, 2.45) is 5.92 Å². The third-order valence-corrected chi connectivity index (χ3v) is 4.13. The third-order valence-electron chi connectivity index (χ3n) is 3.52. The standard InChI is InChI=1S/C14H18BrF2NO/c1-3-18-14(9-6-8(2)19-7-9)12-11(16)5-4-10(15)13(12)17/h4-5,8-9,14,18H,3,6-7H2,1-2H3. The number of hydrogen-bond acceptors (Lipinski definition) is 2. The second-order valence-electron chi connectivity index (χ2n) is 4.93. The van der Waals surface area contributed by atoms with Gasteiger partial charge >= 0.3 is 0 Å². The fourth-order valence-electron chi connectivity index (χ4n) is 2.63. The molecule has 2 nitrogen and oxygen atoms in total. The SMILES string of the molecule is CCNC(c1c(F)ccc(Br)c1F)C1COC(C)C1. The van der Waals surface area contributed by atoms with Crippen LogP contribution in [0.1, 0.15) is 31.9 Å². The van der Waals surface area contributed by atoms with E-state index in [-0.39, 0.29) is 23.6 Å². The van der Waals surface area contributed by atoms with Crippen molar-refractivity contribution >= 4 is 15.9 Å². The summed E-state index contributed by atoms with van der Waals surface area (Å²) < 4.78 is 34.0. The summed E-state index contributed by atoms with van der Waals surface area (Å²) in [4.78, 5) is 0. The smallest absolute Gasteiger partial charge is 0.145 e. The van der Waals surface area contributed by atoms with Gasteiger partial charge in [0, 0.05) is 17.5 Å². The number of rotatable bonds is 4. The first-order valence-corrected chi connectivity index (χ1v) is 7.32. The monoisotopic (exact) mass is 333 g/mol. The van der Waals surface area contributed by atoms with Crippen LogP contribution in [0.5, 0.6) is 0 Å². The van der Waals surface area contributed by atoms with E-state index in [1.54, 1.807) is 0 Å². The van der Waals surface area contributed by atoms with E-state index in [0.29, 0.717) is 17.6 Å². The zero-order valence-corrected chi connectivity index (χ0v) is 12.6. The molecule has 5 heteroatoms. The molecular weight excluding hydrogens is 316 g/mol. The van der Waals surface area contributed by atoms with Crippen molar-refractivity contribution in [1.29, 1.82) is 0 Å². The van der Waals surface area contributed by atoms with Gasteiger partial charge < -0.3 is 10.1 Å². The topological polar surface area (TPSA) is 21.3 Å². The molecule has 1 aromatic carbocycles. The van der Waals surface area contributed by atoms with Crippen LogP contribution < -0.4 is 5.32 Å². The molecule has 106 valence electrons. The van der Waals surface area contributed by atoms with E-state index in [4.69, 9.17) is 4.74 Å². The number of hydrogen-bond donors (Lipinski definition) is 1. The molecule has 1 saturated heterocycles. The fourth-order valence-corrected chi connectivity index (χ4v) is 2.98. The largest absolute Gasteiger partial charge is 0.378 e. The first-order chi connectivity index (χ1) is 9.04. The van der Waals surface area contributed by atoms with Gasteiger partial charge in [0.05, 0.1) is 17.2 Å². The molecule has 0 aliphatic carbocycles. The van der Waals surface area contributed by atoms with Gasteiger partial charge in [-0.3, -0.25) is 0 Å². The minimum Gasteiger partial charge on any atom is -0.378 e. The molecule has 1 aromatic rings. The second-order valence-corrected chi connectivity index (χ2v) is 5.79. The van der Waals surface area contributed by atoms with Crippen LogP contribution in [-0.2, 0) is 4.74 Å². The van der Waals surface area contributed by atoms with Gasteiger partial charge in [-0.2, -0.15) is 0 Å². The van der Waals surface area contributed by atoms with E-state index in [0.717, 1.165) is 6.42 Å². The van der Waals surface area contributed by atoms with E-state index in [1.165, 1.54) is 12.1 Å². The molecule has 0 saturated carbocycles. The van der Waals surface area contributed by atoms with Crippen molar-refractivity contribution in [2.45, 2.75) is 32.4 Å². The van der Waals surface area contributed by atoms with Gasteiger partial charge in [-0.25, -0.2) is 8.78 Å². The highest BCUT2D eigenvalue weighted by Gasteiger charge is 2.33. The Hall–Kier alpha value is -0.520. The van der Waals surface area contributed by atoms with E-state index in [1.807, 2.05) is 13.8 Å². The summed E-state index contributed by atoms with van der Waals surface area (Å²) in [5, 5.41) is 3.19. The predicted molar refractivity (Wildman–Crippen MR) is 74.0 cm³/mol. The van der Waals surface area contributed by atoms with Crippen LogP contribution in [0.25, 0.3) is 0 Å². The Labute approximate surface area is 120 Å². The highest BCUT2D eigenvalue weighted by molar-refractivity contribution is 9.10. The molecule has 0 amide bonds. The fraction of sp³-hybridized carbons (Fsp3) is 0.571. The van der Waals surface area contributed by atoms with Gasteiger partial charge in [-0.1, -0.05) is 6.92 Å². The van der Waals surface area contributed by atoms with E-state index < -0.39 is 11.6 Å². The number of nitrogens with one attached hydrogen (secondary N) is 1. The molecule has 1 heterocycles. The lowest BCUT2D eigenvalue weighted by atomic mass is 9.90. The molecule has 0 radical (unpaired) electrons. The first-order valence-electron chi connectivity index (χ1n) is 6.53. The molecule has 1 aliphatic heterocycles. The van der Waals surface area contributed by atoms with Crippen LogP contribution in [0, 0.1) is 17.6 Å². The Morgan fingerprint density at radius 2 is 2.21 bits per heavy atom. The van der Waals surface area contributed by atoms with Crippen LogP contribution in [0.4, 0.5) is 8.78 Å². The molecule has 0 aromatic heterocycles. The molecule has 0 spiro atoms. The summed E-state index contributed by atoms with van der Waals surface area (Å²) in [6.45, 7) is 5.10. The Bertz CT molecular complexity index is 455. The number of halogens is 3. The van der Waals surface area contributed by atoms with Crippen molar-refractivity contribution in [3.05, 3.63) is 33.8 Å². The Morgan fingerprint density at radius 3 is 2.79 bits per heavy atom. The van der Waals surface area contributed by atoms with Crippen molar-refractivity contribution in [3.63, 3.8) is 0 Å². The summed E-state index contributed by atoms with van der Waals surface area (Å²) in [5.41, 5.74) is 0.110. The number of benzene rings is 1. The average Bonchev–Trinajstić information content (AvgIpc) is 2.80. The van der Waals surface area contributed by atoms with E-state index in [9.17, 15) is 8.78 Å². The Morgan fingerprint density at radius 1 is 1.47 bits per heavy atom. The molecule has 0 bridgehead atoms. The van der Waals surface area contributed by atoms with Crippen molar-refractivity contribution in [1.82, 2.24) is 5.32 Å². The molecule has 1 aliphatic rings. The molecule has 3 unspecified atom stereocenters. The van der Waals surface area contributed by atoms with Gasteiger partial charge in [0.2, 0.25) is 0 Å². The Kier molecular flexibility index (Phi) is 4.92. The molecule has 2 rings (SSSR count). The lowest BCUT2D eigenvalue weighted by Crippen LogP contribution is -2.30. The maximum Gasteiger partial charge on any atom is 0.145 e. The van der Waals surface area contributed by atoms with E-state index >= 15 is 0 Å². The van der Waals surface area contributed by atoms with Crippen molar-refractivity contribution < 1.29 is 13.5 Å². The molecule has 3 atom stereocenters. The number of ether oxygens (including phenoxy) is 1. The van der Waals surface area contributed by atoms with Gasteiger partial charge in [-0.05, 0) is 48.0 Å². The van der Waals surface area contributed by atoms with Crippen molar-refractivity contribution in [2.75, 3.05) is 13.2 Å². The lowest BCUT2D eigenvalue weighted by molar-refractivity contribution is 0.116. The van der Waals surface area contributed by atoms with Crippen LogP contribution in [0.2, 0.25) is 0 Å².